The van der Waals surface area contributed by atoms with Gasteiger partial charge in [-0.3, -0.25) is 0 Å². The van der Waals surface area contributed by atoms with E-state index in [4.69, 9.17) is 22.6 Å². The molecule has 0 spiro atoms. The summed E-state index contributed by atoms with van der Waals surface area (Å²) in [6, 6.07) is 0. The highest BCUT2D eigenvalue weighted by Gasteiger charge is 2.22. The van der Waals surface area contributed by atoms with Crippen molar-refractivity contribution in [1.29, 1.82) is 0 Å². The molecule has 4 nitrogen and oxygen atoms in total. The molecule has 5 heteroatoms. The van der Waals surface area contributed by atoms with Crippen LogP contribution in [-0.4, -0.2) is 27.5 Å². The Bertz CT molecular complexity index is 228. The molecule has 0 aliphatic carbocycles. The summed E-state index contributed by atoms with van der Waals surface area (Å²) < 4.78 is 11.3. The van der Waals surface area contributed by atoms with Gasteiger partial charge in [0.1, 0.15) is 0 Å². The maximum Gasteiger partial charge on any atom is 0.404 e. The molecule has 0 saturated carbocycles. The fourth-order valence-corrected chi connectivity index (χ4v) is 0.983. The van der Waals surface area contributed by atoms with Crippen LogP contribution in [0, 0.1) is 24.7 Å². The molecule has 0 aliphatic rings. The van der Waals surface area contributed by atoms with Crippen molar-refractivity contribution >= 4 is 7.75 Å². The predicted octanol–water partition coefficient (Wildman–Crippen LogP) is -0.352. The Kier molecular flexibility index (Phi) is 3.89. The Morgan fingerprint density at radius 2 is 1.64 bits per heavy atom. The molecular formula is C6H8NO3P. The van der Waals surface area contributed by atoms with E-state index in [1.165, 1.54) is 0 Å². The first kappa shape index (κ1) is 10.2. The van der Waals surface area contributed by atoms with Crippen molar-refractivity contribution in [3.63, 3.8) is 0 Å². The van der Waals surface area contributed by atoms with Crippen LogP contribution in [0.2, 0.25) is 0 Å². The van der Waals surface area contributed by atoms with E-state index in [0.29, 0.717) is 0 Å². The van der Waals surface area contributed by atoms with Gasteiger partial charge in [-0.25, -0.2) is 4.57 Å². The van der Waals surface area contributed by atoms with Crippen molar-refractivity contribution in [2.45, 2.75) is 0 Å². The van der Waals surface area contributed by atoms with E-state index in [9.17, 15) is 4.57 Å². The Morgan fingerprint density at radius 1 is 1.27 bits per heavy atom. The van der Waals surface area contributed by atoms with E-state index in [-0.39, 0.29) is 13.1 Å². The van der Waals surface area contributed by atoms with Crippen LogP contribution >= 0.6 is 7.75 Å². The van der Waals surface area contributed by atoms with Crippen LogP contribution in [0.25, 0.3) is 0 Å². The SMILES string of the molecule is C#CCN(CC#C)P(=O)(O)O. The monoisotopic (exact) mass is 173 g/mol. The van der Waals surface area contributed by atoms with Gasteiger partial charge in [-0.05, 0) is 0 Å². The summed E-state index contributed by atoms with van der Waals surface area (Å²) in [5, 5.41) is 0. The molecule has 0 bridgehead atoms. The number of rotatable bonds is 3. The quantitative estimate of drug-likeness (QED) is 0.452. The van der Waals surface area contributed by atoms with Gasteiger partial charge in [0, 0.05) is 0 Å². The van der Waals surface area contributed by atoms with Crippen LogP contribution in [0.4, 0.5) is 0 Å². The molecular weight excluding hydrogens is 165 g/mol. The van der Waals surface area contributed by atoms with Crippen molar-refractivity contribution in [3.8, 4) is 24.7 Å². The molecule has 0 unspecified atom stereocenters. The Labute approximate surface area is 65.4 Å². The van der Waals surface area contributed by atoms with E-state index in [0.717, 1.165) is 4.67 Å². The second-order valence-corrected chi connectivity index (χ2v) is 3.34. The van der Waals surface area contributed by atoms with Crippen LogP contribution in [0.1, 0.15) is 0 Å². The zero-order chi connectivity index (χ0) is 8.91. The largest absolute Gasteiger partial charge is 0.404 e. The van der Waals surface area contributed by atoms with E-state index in [2.05, 4.69) is 11.8 Å². The third kappa shape index (κ3) is 3.83. The molecule has 0 amide bonds. The highest BCUT2D eigenvalue weighted by Crippen LogP contribution is 2.38. The highest BCUT2D eigenvalue weighted by atomic mass is 31.2. The van der Waals surface area contributed by atoms with Gasteiger partial charge in [-0.2, -0.15) is 4.67 Å². The van der Waals surface area contributed by atoms with Gasteiger partial charge in [-0.15, -0.1) is 12.8 Å². The molecule has 0 aromatic carbocycles. The number of hydrogen-bond acceptors (Lipinski definition) is 1. The first-order valence-corrected chi connectivity index (χ1v) is 4.26. The lowest BCUT2D eigenvalue weighted by molar-refractivity contribution is 0.294. The Balaban J connectivity index is 4.28. The average molecular weight is 173 g/mol. The van der Waals surface area contributed by atoms with Gasteiger partial charge in [0.2, 0.25) is 0 Å². The van der Waals surface area contributed by atoms with Crippen molar-refractivity contribution < 1.29 is 14.4 Å². The molecule has 0 atom stereocenters. The molecule has 0 heterocycles. The maximum absolute atomic E-state index is 10.5. The highest BCUT2D eigenvalue weighted by molar-refractivity contribution is 7.49. The Morgan fingerprint density at radius 3 is 1.82 bits per heavy atom. The predicted molar refractivity (Wildman–Crippen MR) is 41.3 cm³/mol. The maximum atomic E-state index is 10.5. The van der Waals surface area contributed by atoms with E-state index < -0.39 is 7.75 Å². The standard InChI is InChI=1S/C6H8NO3P/c1-3-5-7(6-4-2)11(8,9)10/h1-2H,5-6H2,(H2,8,9,10). The summed E-state index contributed by atoms with van der Waals surface area (Å²) in [6.45, 7) is -0.289. The molecule has 0 saturated heterocycles. The van der Waals surface area contributed by atoms with Crippen LogP contribution in [-0.2, 0) is 4.57 Å². The van der Waals surface area contributed by atoms with Crippen LogP contribution in [0.5, 0.6) is 0 Å². The minimum Gasteiger partial charge on any atom is -0.312 e. The topological polar surface area (TPSA) is 60.8 Å². The zero-order valence-corrected chi connectivity index (χ0v) is 6.66. The third-order valence-corrected chi connectivity index (χ3v) is 1.94. The summed E-state index contributed by atoms with van der Waals surface area (Å²) in [6.07, 6.45) is 9.71. The van der Waals surface area contributed by atoms with Gasteiger partial charge < -0.3 is 9.79 Å². The smallest absolute Gasteiger partial charge is 0.312 e. The zero-order valence-electron chi connectivity index (χ0n) is 5.77. The fourth-order valence-electron chi connectivity index (χ4n) is 0.451. The molecule has 0 rings (SSSR count). The minimum atomic E-state index is -4.26. The molecule has 0 fully saturated rings. The van der Waals surface area contributed by atoms with E-state index in [1.54, 1.807) is 0 Å². The summed E-state index contributed by atoms with van der Waals surface area (Å²) >= 11 is 0. The van der Waals surface area contributed by atoms with Crippen LogP contribution in [0.15, 0.2) is 0 Å². The molecule has 0 radical (unpaired) electrons. The lowest BCUT2D eigenvalue weighted by atomic mass is 10.6. The molecule has 60 valence electrons. The van der Waals surface area contributed by atoms with Gasteiger partial charge in [0.25, 0.3) is 0 Å². The van der Waals surface area contributed by atoms with Gasteiger partial charge in [0.05, 0.1) is 13.1 Å². The number of nitrogens with zero attached hydrogens (tertiary/aromatic N) is 1. The third-order valence-electron chi connectivity index (χ3n) is 0.916. The van der Waals surface area contributed by atoms with E-state index in [1.807, 2.05) is 0 Å². The molecule has 0 aliphatic heterocycles. The lowest BCUT2D eigenvalue weighted by Crippen LogP contribution is -2.20. The van der Waals surface area contributed by atoms with Gasteiger partial charge in [0.15, 0.2) is 0 Å². The van der Waals surface area contributed by atoms with Crippen molar-refractivity contribution in [2.75, 3.05) is 13.1 Å². The molecule has 0 aromatic heterocycles. The number of terminal acetylenes is 2. The van der Waals surface area contributed by atoms with Crippen LogP contribution < -0.4 is 0 Å². The lowest BCUT2D eigenvalue weighted by Gasteiger charge is -2.16. The van der Waals surface area contributed by atoms with Crippen LogP contribution in [0.3, 0.4) is 0 Å². The average Bonchev–Trinajstić information content (AvgIpc) is 1.85. The van der Waals surface area contributed by atoms with Crippen molar-refractivity contribution in [3.05, 3.63) is 0 Å². The fraction of sp³-hybridized carbons (Fsp3) is 0.333. The normalized spacial score (nSPS) is 10.6. The number of hydrogen-bond donors (Lipinski definition) is 2. The van der Waals surface area contributed by atoms with E-state index >= 15 is 0 Å². The summed E-state index contributed by atoms with van der Waals surface area (Å²) in [4.78, 5) is 17.2. The Hall–Kier alpha value is -0.770. The summed E-state index contributed by atoms with van der Waals surface area (Å²) in [7, 11) is -4.26. The molecule has 11 heavy (non-hydrogen) atoms. The van der Waals surface area contributed by atoms with Gasteiger partial charge >= 0.3 is 7.75 Å². The minimum absolute atomic E-state index is 0.144. The molecule has 2 N–H and O–H groups in total. The van der Waals surface area contributed by atoms with Gasteiger partial charge in [-0.1, -0.05) is 11.8 Å². The van der Waals surface area contributed by atoms with Crippen molar-refractivity contribution in [2.24, 2.45) is 0 Å². The first-order chi connectivity index (χ1) is 5.02. The summed E-state index contributed by atoms with van der Waals surface area (Å²) in [5.74, 6) is 4.19. The summed E-state index contributed by atoms with van der Waals surface area (Å²) in [5.41, 5.74) is 0. The molecule has 0 aromatic rings. The second-order valence-electron chi connectivity index (χ2n) is 1.74. The first-order valence-electron chi connectivity index (χ1n) is 2.70. The van der Waals surface area contributed by atoms with Crippen molar-refractivity contribution in [1.82, 2.24) is 4.67 Å². The second kappa shape index (κ2) is 4.18.